The first-order valence-corrected chi connectivity index (χ1v) is 5.13. The van der Waals surface area contributed by atoms with Crippen molar-refractivity contribution in [3.8, 4) is 5.75 Å². The van der Waals surface area contributed by atoms with Crippen molar-refractivity contribution in [1.29, 1.82) is 0 Å². The van der Waals surface area contributed by atoms with Gasteiger partial charge in [0.1, 0.15) is 11.8 Å². The SMILES string of the molecule is N[C@H](C[C@H]1CNc2ccc(O)cc21)C(=O)O. The predicted octanol–water partition coefficient (Wildman–Crippen LogP) is 0.703. The van der Waals surface area contributed by atoms with Crippen LogP contribution in [0.2, 0.25) is 0 Å². The number of fused-ring (bicyclic) bond motifs is 1. The maximum atomic E-state index is 10.7. The molecule has 5 heteroatoms. The van der Waals surface area contributed by atoms with Crippen LogP contribution in [-0.2, 0) is 4.79 Å². The molecule has 0 spiro atoms. The van der Waals surface area contributed by atoms with Crippen LogP contribution in [0.4, 0.5) is 5.69 Å². The van der Waals surface area contributed by atoms with E-state index in [0.29, 0.717) is 13.0 Å². The minimum absolute atomic E-state index is 0.0493. The molecule has 0 bridgehead atoms. The first-order valence-electron chi connectivity index (χ1n) is 5.13. The van der Waals surface area contributed by atoms with Crippen molar-refractivity contribution >= 4 is 11.7 Å². The van der Waals surface area contributed by atoms with Crippen molar-refractivity contribution in [2.45, 2.75) is 18.4 Å². The van der Waals surface area contributed by atoms with E-state index in [1.54, 1.807) is 18.2 Å². The largest absolute Gasteiger partial charge is 0.508 e. The fraction of sp³-hybridized carbons (Fsp3) is 0.364. The number of phenolic OH excluding ortho intramolecular Hbond substituents is 1. The molecule has 0 saturated heterocycles. The lowest BCUT2D eigenvalue weighted by molar-refractivity contribution is -0.138. The predicted molar refractivity (Wildman–Crippen MR) is 59.6 cm³/mol. The lowest BCUT2D eigenvalue weighted by Gasteiger charge is -2.13. The van der Waals surface area contributed by atoms with Crippen LogP contribution in [0.3, 0.4) is 0 Å². The molecule has 1 aromatic rings. The van der Waals surface area contributed by atoms with E-state index in [1.807, 2.05) is 0 Å². The Morgan fingerprint density at radius 1 is 1.62 bits per heavy atom. The highest BCUT2D eigenvalue weighted by Gasteiger charge is 2.26. The summed E-state index contributed by atoms with van der Waals surface area (Å²) in [5, 5.41) is 21.3. The molecule has 0 aromatic heterocycles. The Kier molecular flexibility index (Phi) is 2.70. The zero-order valence-electron chi connectivity index (χ0n) is 8.68. The lowest BCUT2D eigenvalue weighted by Crippen LogP contribution is -2.32. The van der Waals surface area contributed by atoms with Crippen LogP contribution in [0.25, 0.3) is 0 Å². The van der Waals surface area contributed by atoms with Crippen LogP contribution in [0.1, 0.15) is 17.9 Å². The molecule has 0 amide bonds. The number of hydrogen-bond acceptors (Lipinski definition) is 4. The molecular formula is C11H14N2O3. The molecule has 2 rings (SSSR count). The number of carboxylic acids is 1. The van der Waals surface area contributed by atoms with Gasteiger partial charge in [0.25, 0.3) is 0 Å². The molecule has 5 nitrogen and oxygen atoms in total. The van der Waals surface area contributed by atoms with Gasteiger partial charge in [-0.25, -0.2) is 0 Å². The second-order valence-electron chi connectivity index (χ2n) is 4.03. The van der Waals surface area contributed by atoms with Crippen LogP contribution in [0, 0.1) is 0 Å². The van der Waals surface area contributed by atoms with E-state index in [-0.39, 0.29) is 11.7 Å². The van der Waals surface area contributed by atoms with Gasteiger partial charge in [0, 0.05) is 18.2 Å². The average Bonchev–Trinajstić information content (AvgIpc) is 2.61. The second kappa shape index (κ2) is 4.02. The van der Waals surface area contributed by atoms with E-state index < -0.39 is 12.0 Å². The van der Waals surface area contributed by atoms with Gasteiger partial charge in [-0.15, -0.1) is 0 Å². The molecule has 16 heavy (non-hydrogen) atoms. The van der Waals surface area contributed by atoms with Gasteiger partial charge in [0.2, 0.25) is 0 Å². The molecule has 1 heterocycles. The highest BCUT2D eigenvalue weighted by molar-refractivity contribution is 5.73. The third kappa shape index (κ3) is 1.94. The number of aliphatic carboxylic acids is 1. The van der Waals surface area contributed by atoms with Gasteiger partial charge in [-0.2, -0.15) is 0 Å². The Labute approximate surface area is 92.9 Å². The summed E-state index contributed by atoms with van der Waals surface area (Å²) in [4.78, 5) is 10.7. The van der Waals surface area contributed by atoms with E-state index in [1.165, 1.54) is 0 Å². The first-order chi connectivity index (χ1) is 7.58. The minimum atomic E-state index is -0.992. The van der Waals surface area contributed by atoms with Gasteiger partial charge >= 0.3 is 5.97 Å². The van der Waals surface area contributed by atoms with Crippen molar-refractivity contribution in [1.82, 2.24) is 0 Å². The highest BCUT2D eigenvalue weighted by atomic mass is 16.4. The van der Waals surface area contributed by atoms with Crippen LogP contribution in [0.15, 0.2) is 18.2 Å². The number of carboxylic acid groups (broad SMARTS) is 1. The van der Waals surface area contributed by atoms with Gasteiger partial charge < -0.3 is 21.3 Å². The molecule has 5 N–H and O–H groups in total. The summed E-state index contributed by atoms with van der Waals surface area (Å²) in [6.45, 7) is 0.666. The molecule has 1 aliphatic rings. The zero-order valence-corrected chi connectivity index (χ0v) is 8.68. The fourth-order valence-electron chi connectivity index (χ4n) is 2.01. The van der Waals surface area contributed by atoms with E-state index in [9.17, 15) is 9.90 Å². The molecule has 1 aliphatic heterocycles. The average molecular weight is 222 g/mol. The summed E-state index contributed by atoms with van der Waals surface area (Å²) in [5.41, 5.74) is 7.39. The van der Waals surface area contributed by atoms with Crippen LogP contribution < -0.4 is 11.1 Å². The van der Waals surface area contributed by atoms with Crippen molar-refractivity contribution in [3.63, 3.8) is 0 Å². The molecule has 1 aromatic carbocycles. The summed E-state index contributed by atoms with van der Waals surface area (Å²) in [7, 11) is 0. The Bertz CT molecular complexity index is 420. The standard InChI is InChI=1S/C11H14N2O3/c12-9(11(15)16)3-6-5-13-10-2-1-7(14)4-8(6)10/h1-2,4,6,9,13-14H,3,5,12H2,(H,15,16)/t6-,9+/m0/s1. The zero-order chi connectivity index (χ0) is 11.7. The molecule has 2 atom stereocenters. The summed E-state index contributed by atoms with van der Waals surface area (Å²) in [6, 6.07) is 4.19. The number of nitrogens with two attached hydrogens (primary N) is 1. The van der Waals surface area contributed by atoms with Gasteiger partial charge in [-0.1, -0.05) is 0 Å². The summed E-state index contributed by atoms with van der Waals surface area (Å²) in [6.07, 6.45) is 0.374. The van der Waals surface area contributed by atoms with Gasteiger partial charge in [-0.05, 0) is 30.2 Å². The Morgan fingerprint density at radius 3 is 3.06 bits per heavy atom. The molecule has 0 unspecified atom stereocenters. The molecule has 0 fully saturated rings. The maximum absolute atomic E-state index is 10.7. The Balaban J connectivity index is 2.17. The van der Waals surface area contributed by atoms with E-state index in [2.05, 4.69) is 5.32 Å². The third-order valence-corrected chi connectivity index (χ3v) is 2.87. The topological polar surface area (TPSA) is 95.6 Å². The van der Waals surface area contributed by atoms with Crippen LogP contribution >= 0.6 is 0 Å². The number of anilines is 1. The molecule has 0 radical (unpaired) electrons. The van der Waals surface area contributed by atoms with Crippen molar-refractivity contribution in [3.05, 3.63) is 23.8 Å². The number of rotatable bonds is 3. The van der Waals surface area contributed by atoms with Gasteiger partial charge in [0.05, 0.1) is 0 Å². The van der Waals surface area contributed by atoms with Crippen LogP contribution in [-0.4, -0.2) is 28.8 Å². The van der Waals surface area contributed by atoms with E-state index in [0.717, 1.165) is 11.3 Å². The van der Waals surface area contributed by atoms with Gasteiger partial charge in [-0.3, -0.25) is 4.79 Å². The van der Waals surface area contributed by atoms with Crippen molar-refractivity contribution < 1.29 is 15.0 Å². The lowest BCUT2D eigenvalue weighted by atomic mass is 9.94. The molecule has 86 valence electrons. The number of aromatic hydroxyl groups is 1. The van der Waals surface area contributed by atoms with E-state index in [4.69, 9.17) is 10.8 Å². The van der Waals surface area contributed by atoms with Gasteiger partial charge in [0.15, 0.2) is 0 Å². The molecular weight excluding hydrogens is 208 g/mol. The quantitative estimate of drug-likeness (QED) is 0.565. The normalized spacial score (nSPS) is 19.9. The monoisotopic (exact) mass is 222 g/mol. The molecule has 0 aliphatic carbocycles. The number of benzene rings is 1. The second-order valence-corrected chi connectivity index (χ2v) is 4.03. The highest BCUT2D eigenvalue weighted by Crippen LogP contribution is 2.36. The Morgan fingerprint density at radius 2 is 2.38 bits per heavy atom. The smallest absolute Gasteiger partial charge is 0.320 e. The van der Waals surface area contributed by atoms with E-state index >= 15 is 0 Å². The minimum Gasteiger partial charge on any atom is -0.508 e. The molecule has 0 saturated carbocycles. The van der Waals surface area contributed by atoms with Crippen molar-refractivity contribution in [2.75, 3.05) is 11.9 Å². The third-order valence-electron chi connectivity index (χ3n) is 2.87. The summed E-state index contributed by atoms with van der Waals surface area (Å²) in [5.74, 6) is -0.752. The number of carbonyl (C=O) groups is 1. The maximum Gasteiger partial charge on any atom is 0.320 e. The summed E-state index contributed by atoms with van der Waals surface area (Å²) < 4.78 is 0. The van der Waals surface area contributed by atoms with Crippen LogP contribution in [0.5, 0.6) is 5.75 Å². The number of nitrogens with one attached hydrogen (secondary N) is 1. The summed E-state index contributed by atoms with van der Waals surface area (Å²) >= 11 is 0. The number of hydrogen-bond donors (Lipinski definition) is 4. The number of phenols is 1. The first kappa shape index (κ1) is 10.8. The Hall–Kier alpha value is -1.75. The fourth-order valence-corrected chi connectivity index (χ4v) is 2.01. The van der Waals surface area contributed by atoms with Crippen molar-refractivity contribution in [2.24, 2.45) is 5.73 Å².